The van der Waals surface area contributed by atoms with Crippen molar-refractivity contribution in [3.8, 4) is 11.1 Å². The summed E-state index contributed by atoms with van der Waals surface area (Å²) in [5.74, 6) is -0.154. The van der Waals surface area contributed by atoms with Crippen molar-refractivity contribution < 1.29 is 4.39 Å². The largest absolute Gasteiger partial charge is 0.206 e. The van der Waals surface area contributed by atoms with Crippen molar-refractivity contribution in [3.05, 3.63) is 94.5 Å². The molecule has 0 bridgehead atoms. The van der Waals surface area contributed by atoms with Gasteiger partial charge in [-0.25, -0.2) is 4.39 Å². The fourth-order valence-electron chi connectivity index (χ4n) is 3.16. The first-order valence-corrected chi connectivity index (χ1v) is 7.94. The van der Waals surface area contributed by atoms with Crippen LogP contribution in [0.25, 0.3) is 22.5 Å². The Bertz CT molecular complexity index is 907. The van der Waals surface area contributed by atoms with Gasteiger partial charge in [-0.05, 0) is 34.4 Å². The third kappa shape index (κ3) is 2.47. The highest BCUT2D eigenvalue weighted by Gasteiger charge is 2.21. The summed E-state index contributed by atoms with van der Waals surface area (Å²) < 4.78 is 15.3. The van der Waals surface area contributed by atoms with Gasteiger partial charge in [0.2, 0.25) is 0 Å². The van der Waals surface area contributed by atoms with E-state index in [0.29, 0.717) is 22.6 Å². The van der Waals surface area contributed by atoms with Crippen LogP contribution in [0.5, 0.6) is 0 Å². The molecule has 0 heterocycles. The Kier molecular flexibility index (Phi) is 3.51. The van der Waals surface area contributed by atoms with E-state index in [1.807, 2.05) is 48.5 Å². The monoisotopic (exact) mass is 320 g/mol. The van der Waals surface area contributed by atoms with Gasteiger partial charge < -0.3 is 0 Å². The summed E-state index contributed by atoms with van der Waals surface area (Å²) >= 11 is 5.97. The number of fused-ring (bicyclic) bond motifs is 3. The highest BCUT2D eigenvalue weighted by Crippen LogP contribution is 2.41. The first-order chi connectivity index (χ1) is 11.2. The summed E-state index contributed by atoms with van der Waals surface area (Å²) in [4.78, 5) is 0. The minimum absolute atomic E-state index is 0.154. The molecule has 0 aromatic heterocycles. The molecule has 0 saturated carbocycles. The van der Waals surface area contributed by atoms with Crippen LogP contribution in [0.4, 0.5) is 4.39 Å². The maximum Gasteiger partial charge on any atom is 0.135 e. The molecular weight excluding hydrogens is 307 g/mol. The molecule has 3 aromatic carbocycles. The summed E-state index contributed by atoms with van der Waals surface area (Å²) in [7, 11) is 0. The first-order valence-electron chi connectivity index (χ1n) is 7.56. The average molecular weight is 321 g/mol. The Morgan fingerprint density at radius 1 is 0.696 bits per heavy atom. The van der Waals surface area contributed by atoms with Gasteiger partial charge in [0.25, 0.3) is 0 Å². The van der Waals surface area contributed by atoms with Crippen molar-refractivity contribution in [2.45, 2.75) is 6.42 Å². The van der Waals surface area contributed by atoms with Crippen molar-refractivity contribution in [2.24, 2.45) is 0 Å². The maximum atomic E-state index is 15.3. The predicted octanol–water partition coefficient (Wildman–Crippen LogP) is 6.40. The zero-order valence-corrected chi connectivity index (χ0v) is 13.1. The first kappa shape index (κ1) is 14.2. The van der Waals surface area contributed by atoms with Crippen LogP contribution in [0.15, 0.2) is 72.8 Å². The Labute approximate surface area is 139 Å². The third-order valence-corrected chi connectivity index (χ3v) is 4.55. The third-order valence-electron chi connectivity index (χ3n) is 4.30. The number of hydrogen-bond acceptors (Lipinski definition) is 0. The minimum Gasteiger partial charge on any atom is -0.206 e. The molecule has 0 unspecified atom stereocenters. The van der Waals surface area contributed by atoms with E-state index in [-0.39, 0.29) is 5.83 Å². The highest BCUT2D eigenvalue weighted by atomic mass is 35.5. The molecule has 0 N–H and O–H groups in total. The normalized spacial score (nSPS) is 13.3. The minimum atomic E-state index is -0.154. The van der Waals surface area contributed by atoms with E-state index in [1.165, 1.54) is 0 Å². The Balaban J connectivity index is 2.00. The lowest BCUT2D eigenvalue weighted by Crippen LogP contribution is -1.92. The second kappa shape index (κ2) is 5.68. The van der Waals surface area contributed by atoms with Crippen molar-refractivity contribution in [1.82, 2.24) is 0 Å². The van der Waals surface area contributed by atoms with E-state index in [4.69, 9.17) is 11.6 Å². The molecule has 2 heteroatoms. The van der Waals surface area contributed by atoms with Crippen molar-refractivity contribution in [1.29, 1.82) is 0 Å². The van der Waals surface area contributed by atoms with Gasteiger partial charge in [-0.15, -0.1) is 0 Å². The number of halogens is 2. The van der Waals surface area contributed by atoms with Crippen molar-refractivity contribution in [3.63, 3.8) is 0 Å². The van der Waals surface area contributed by atoms with Crippen LogP contribution >= 0.6 is 11.6 Å². The molecule has 0 amide bonds. The van der Waals surface area contributed by atoms with Gasteiger partial charge in [0.15, 0.2) is 0 Å². The summed E-state index contributed by atoms with van der Waals surface area (Å²) in [6.45, 7) is 0. The lowest BCUT2D eigenvalue weighted by atomic mass is 9.95. The Morgan fingerprint density at radius 3 is 2.04 bits per heavy atom. The van der Waals surface area contributed by atoms with E-state index < -0.39 is 0 Å². The predicted molar refractivity (Wildman–Crippen MR) is 95.0 cm³/mol. The number of benzene rings is 3. The fourth-order valence-corrected chi connectivity index (χ4v) is 3.28. The summed E-state index contributed by atoms with van der Waals surface area (Å²) in [6, 6.07) is 23.2. The van der Waals surface area contributed by atoms with Gasteiger partial charge in [-0.2, -0.15) is 0 Å². The van der Waals surface area contributed by atoms with Crippen LogP contribution in [-0.2, 0) is 6.42 Å². The highest BCUT2D eigenvalue weighted by molar-refractivity contribution is 6.30. The molecule has 4 rings (SSSR count). The molecule has 0 spiro atoms. The Hall–Kier alpha value is -2.38. The smallest absolute Gasteiger partial charge is 0.135 e. The molecule has 0 saturated heterocycles. The van der Waals surface area contributed by atoms with Gasteiger partial charge >= 0.3 is 0 Å². The molecule has 0 fully saturated rings. The van der Waals surface area contributed by atoms with Gasteiger partial charge in [-0.3, -0.25) is 0 Å². The molecule has 23 heavy (non-hydrogen) atoms. The molecule has 1 aliphatic rings. The van der Waals surface area contributed by atoms with E-state index in [9.17, 15) is 0 Å². The lowest BCUT2D eigenvalue weighted by Gasteiger charge is -2.09. The number of rotatable bonds is 1. The van der Waals surface area contributed by atoms with E-state index in [0.717, 1.165) is 22.3 Å². The summed E-state index contributed by atoms with van der Waals surface area (Å²) in [5, 5.41) is 0.657. The van der Waals surface area contributed by atoms with Crippen LogP contribution in [-0.4, -0.2) is 0 Å². The molecule has 112 valence electrons. The van der Waals surface area contributed by atoms with Crippen LogP contribution < -0.4 is 0 Å². The number of allylic oxidation sites excluding steroid dienone is 1. The zero-order valence-electron chi connectivity index (χ0n) is 12.4. The van der Waals surface area contributed by atoms with Gasteiger partial charge in [0, 0.05) is 22.6 Å². The molecule has 0 aliphatic heterocycles. The quantitative estimate of drug-likeness (QED) is 0.486. The SMILES string of the molecule is FC1=C(c2ccc(Cl)cc2)Cc2ccccc2-c2ccccc21. The Morgan fingerprint density at radius 2 is 1.30 bits per heavy atom. The summed E-state index contributed by atoms with van der Waals surface area (Å²) in [5.41, 5.74) is 5.42. The van der Waals surface area contributed by atoms with Crippen molar-refractivity contribution >= 4 is 23.0 Å². The number of hydrogen-bond donors (Lipinski definition) is 0. The second-order valence-corrected chi connectivity index (χ2v) is 6.12. The average Bonchev–Trinajstić information content (AvgIpc) is 2.72. The molecular formula is C21H14ClF. The van der Waals surface area contributed by atoms with E-state index in [1.54, 1.807) is 12.1 Å². The van der Waals surface area contributed by atoms with Gasteiger partial charge in [-0.1, -0.05) is 72.3 Å². The standard InChI is InChI=1S/C21H14ClF/c22-16-11-9-14(10-12-16)20-13-15-5-1-2-6-17(15)18-7-3-4-8-19(18)21(20)23/h1-12H,13H2. The molecule has 0 nitrogen and oxygen atoms in total. The van der Waals surface area contributed by atoms with Crippen molar-refractivity contribution in [2.75, 3.05) is 0 Å². The van der Waals surface area contributed by atoms with Gasteiger partial charge in [0.1, 0.15) is 5.83 Å². The fraction of sp³-hybridized carbons (Fsp3) is 0.0476. The van der Waals surface area contributed by atoms with Crippen LogP contribution in [0.2, 0.25) is 5.02 Å². The summed E-state index contributed by atoms with van der Waals surface area (Å²) in [6.07, 6.45) is 0.568. The molecule has 0 radical (unpaired) electrons. The van der Waals surface area contributed by atoms with E-state index >= 15 is 4.39 Å². The molecule has 3 aromatic rings. The molecule has 1 aliphatic carbocycles. The zero-order chi connectivity index (χ0) is 15.8. The second-order valence-electron chi connectivity index (χ2n) is 5.68. The van der Waals surface area contributed by atoms with Crippen LogP contribution in [0, 0.1) is 0 Å². The van der Waals surface area contributed by atoms with Crippen LogP contribution in [0.3, 0.4) is 0 Å². The maximum absolute atomic E-state index is 15.3. The van der Waals surface area contributed by atoms with Crippen LogP contribution in [0.1, 0.15) is 16.7 Å². The lowest BCUT2D eigenvalue weighted by molar-refractivity contribution is 0.761. The molecule has 0 atom stereocenters. The topological polar surface area (TPSA) is 0 Å². The van der Waals surface area contributed by atoms with E-state index in [2.05, 4.69) is 12.1 Å². The van der Waals surface area contributed by atoms with Gasteiger partial charge in [0.05, 0.1) is 0 Å².